The molecule has 1 aliphatic heterocycles. The van der Waals surface area contributed by atoms with Crippen molar-refractivity contribution in [2.24, 2.45) is 5.92 Å². The molecule has 1 rings (SSSR count). The second-order valence-electron chi connectivity index (χ2n) is 4.43. The minimum absolute atomic E-state index is 0.468. The molecule has 1 heterocycles. The van der Waals surface area contributed by atoms with E-state index >= 15 is 0 Å². The molecule has 0 amide bonds. The molecule has 13 heavy (non-hydrogen) atoms. The number of hydrogen-bond donors (Lipinski definition) is 1. The number of rotatable bonds is 4. The third-order valence-corrected chi connectivity index (χ3v) is 2.94. The van der Waals surface area contributed by atoms with Crippen LogP contribution in [0.5, 0.6) is 0 Å². The van der Waals surface area contributed by atoms with Gasteiger partial charge in [-0.25, -0.2) is 0 Å². The van der Waals surface area contributed by atoms with Crippen molar-refractivity contribution in [3.05, 3.63) is 0 Å². The van der Waals surface area contributed by atoms with Gasteiger partial charge in [-0.05, 0) is 32.1 Å². The zero-order valence-corrected chi connectivity index (χ0v) is 9.18. The first kappa shape index (κ1) is 11.0. The Morgan fingerprint density at radius 2 is 2.08 bits per heavy atom. The Bertz CT molecular complexity index is 130. The lowest BCUT2D eigenvalue weighted by Crippen LogP contribution is -2.38. The monoisotopic (exact) mass is 185 g/mol. The Kier molecular flexibility index (Phi) is 4.74. The molecule has 1 N–H and O–H groups in total. The summed E-state index contributed by atoms with van der Waals surface area (Å²) in [6.45, 7) is 8.73. The summed E-state index contributed by atoms with van der Waals surface area (Å²) in [6, 6.07) is 0.602. The van der Waals surface area contributed by atoms with Crippen molar-refractivity contribution in [2.45, 2.75) is 52.2 Å². The summed E-state index contributed by atoms with van der Waals surface area (Å²) in [5.74, 6) is 0.712. The van der Waals surface area contributed by atoms with Crippen LogP contribution < -0.4 is 5.32 Å². The van der Waals surface area contributed by atoms with E-state index in [1.54, 1.807) is 0 Å². The van der Waals surface area contributed by atoms with Crippen LogP contribution in [-0.2, 0) is 4.74 Å². The highest BCUT2D eigenvalue weighted by molar-refractivity contribution is 4.70. The van der Waals surface area contributed by atoms with Crippen molar-refractivity contribution in [1.29, 1.82) is 0 Å². The first-order valence-corrected chi connectivity index (χ1v) is 5.55. The summed E-state index contributed by atoms with van der Waals surface area (Å²) in [6.07, 6.45) is 4.28. The highest BCUT2D eigenvalue weighted by Crippen LogP contribution is 2.12. The number of ether oxygens (including phenoxy) is 1. The lowest BCUT2D eigenvalue weighted by molar-refractivity contribution is 0.0149. The van der Waals surface area contributed by atoms with Gasteiger partial charge in [0.05, 0.1) is 6.10 Å². The van der Waals surface area contributed by atoms with Crippen molar-refractivity contribution >= 4 is 0 Å². The van der Waals surface area contributed by atoms with Crippen LogP contribution in [0.25, 0.3) is 0 Å². The molecule has 0 radical (unpaired) electrons. The van der Waals surface area contributed by atoms with E-state index in [9.17, 15) is 0 Å². The Labute approximate surface area is 82.0 Å². The van der Waals surface area contributed by atoms with Crippen molar-refractivity contribution in [1.82, 2.24) is 5.32 Å². The first-order valence-electron chi connectivity index (χ1n) is 5.55. The summed E-state index contributed by atoms with van der Waals surface area (Å²) >= 11 is 0. The Morgan fingerprint density at radius 1 is 1.31 bits per heavy atom. The normalized spacial score (nSPS) is 26.3. The topological polar surface area (TPSA) is 21.3 Å². The van der Waals surface area contributed by atoms with Crippen LogP contribution in [0.3, 0.4) is 0 Å². The minimum Gasteiger partial charge on any atom is -0.377 e. The van der Waals surface area contributed by atoms with Gasteiger partial charge in [0.25, 0.3) is 0 Å². The second kappa shape index (κ2) is 5.61. The lowest BCUT2D eigenvalue weighted by Gasteiger charge is -2.25. The summed E-state index contributed by atoms with van der Waals surface area (Å²) in [5, 5.41) is 3.53. The van der Waals surface area contributed by atoms with Crippen molar-refractivity contribution in [2.75, 3.05) is 13.2 Å². The molecule has 78 valence electrons. The fourth-order valence-electron chi connectivity index (χ4n) is 1.52. The van der Waals surface area contributed by atoms with Crippen LogP contribution in [0, 0.1) is 5.92 Å². The van der Waals surface area contributed by atoms with Crippen molar-refractivity contribution in [3.8, 4) is 0 Å². The third kappa shape index (κ3) is 4.10. The zero-order valence-electron chi connectivity index (χ0n) is 9.18. The average Bonchev–Trinajstić information content (AvgIpc) is 2.15. The molecule has 2 unspecified atom stereocenters. The zero-order chi connectivity index (χ0) is 9.68. The van der Waals surface area contributed by atoms with Gasteiger partial charge in [0.15, 0.2) is 0 Å². The van der Waals surface area contributed by atoms with Gasteiger partial charge in [0.2, 0.25) is 0 Å². The molecule has 0 saturated carbocycles. The van der Waals surface area contributed by atoms with Gasteiger partial charge in [-0.1, -0.05) is 13.8 Å². The molecule has 0 aromatic rings. The highest BCUT2D eigenvalue weighted by Gasteiger charge is 2.15. The predicted molar refractivity (Wildman–Crippen MR) is 55.9 cm³/mol. The maximum absolute atomic E-state index is 5.65. The van der Waals surface area contributed by atoms with Crippen LogP contribution in [0.2, 0.25) is 0 Å². The smallest absolute Gasteiger partial charge is 0.0699 e. The van der Waals surface area contributed by atoms with Gasteiger partial charge >= 0.3 is 0 Å². The van der Waals surface area contributed by atoms with Gasteiger partial charge in [0, 0.05) is 19.2 Å². The predicted octanol–water partition coefficient (Wildman–Crippen LogP) is 2.19. The second-order valence-corrected chi connectivity index (χ2v) is 4.43. The number of hydrogen-bond acceptors (Lipinski definition) is 2. The van der Waals surface area contributed by atoms with Crippen LogP contribution in [0.1, 0.15) is 40.0 Å². The average molecular weight is 185 g/mol. The van der Waals surface area contributed by atoms with E-state index in [-0.39, 0.29) is 0 Å². The quantitative estimate of drug-likeness (QED) is 0.725. The molecule has 2 nitrogen and oxygen atoms in total. The van der Waals surface area contributed by atoms with E-state index in [1.165, 1.54) is 19.3 Å². The van der Waals surface area contributed by atoms with E-state index in [0.717, 1.165) is 13.2 Å². The lowest BCUT2D eigenvalue weighted by atomic mass is 10.1. The molecule has 0 aliphatic carbocycles. The van der Waals surface area contributed by atoms with E-state index in [1.807, 2.05) is 0 Å². The summed E-state index contributed by atoms with van der Waals surface area (Å²) in [4.78, 5) is 0. The van der Waals surface area contributed by atoms with Gasteiger partial charge < -0.3 is 10.1 Å². The van der Waals surface area contributed by atoms with Gasteiger partial charge in [-0.15, -0.1) is 0 Å². The molecule has 1 saturated heterocycles. The number of nitrogens with one attached hydrogen (secondary N) is 1. The van der Waals surface area contributed by atoms with Crippen LogP contribution in [-0.4, -0.2) is 25.3 Å². The van der Waals surface area contributed by atoms with Crippen molar-refractivity contribution in [3.63, 3.8) is 0 Å². The molecule has 0 bridgehead atoms. The van der Waals surface area contributed by atoms with Gasteiger partial charge in [-0.3, -0.25) is 0 Å². The van der Waals surface area contributed by atoms with E-state index in [2.05, 4.69) is 26.1 Å². The fraction of sp³-hybridized carbons (Fsp3) is 1.00. The molecule has 1 fully saturated rings. The van der Waals surface area contributed by atoms with Gasteiger partial charge in [-0.2, -0.15) is 0 Å². The SMILES string of the molecule is CC(C)C(C)NCC1CCCCO1. The van der Waals surface area contributed by atoms with Crippen molar-refractivity contribution < 1.29 is 4.74 Å². The van der Waals surface area contributed by atoms with Crippen LogP contribution >= 0.6 is 0 Å². The molecular formula is C11H23NO. The van der Waals surface area contributed by atoms with E-state index < -0.39 is 0 Å². The molecule has 0 aromatic heterocycles. The minimum atomic E-state index is 0.468. The molecule has 0 aromatic carbocycles. The van der Waals surface area contributed by atoms with Gasteiger partial charge in [0.1, 0.15) is 0 Å². The maximum Gasteiger partial charge on any atom is 0.0699 e. The Balaban J connectivity index is 2.10. The molecule has 1 aliphatic rings. The molecule has 2 atom stereocenters. The highest BCUT2D eigenvalue weighted by atomic mass is 16.5. The van der Waals surface area contributed by atoms with E-state index in [0.29, 0.717) is 18.1 Å². The summed E-state index contributed by atoms with van der Waals surface area (Å²) < 4.78 is 5.65. The van der Waals surface area contributed by atoms with Crippen LogP contribution in [0.4, 0.5) is 0 Å². The molecule has 0 spiro atoms. The first-order chi connectivity index (χ1) is 6.20. The third-order valence-electron chi connectivity index (χ3n) is 2.94. The standard InChI is InChI=1S/C11H23NO/c1-9(2)10(3)12-8-11-6-4-5-7-13-11/h9-12H,4-8H2,1-3H3. The van der Waals surface area contributed by atoms with E-state index in [4.69, 9.17) is 4.74 Å². The van der Waals surface area contributed by atoms with Crippen LogP contribution in [0.15, 0.2) is 0 Å². The summed E-state index contributed by atoms with van der Waals surface area (Å²) in [5.41, 5.74) is 0. The Morgan fingerprint density at radius 3 is 2.62 bits per heavy atom. The Hall–Kier alpha value is -0.0800. The maximum atomic E-state index is 5.65. The fourth-order valence-corrected chi connectivity index (χ4v) is 1.52. The largest absolute Gasteiger partial charge is 0.377 e. The molecule has 2 heteroatoms. The summed E-state index contributed by atoms with van der Waals surface area (Å²) in [7, 11) is 0. The molecular weight excluding hydrogens is 162 g/mol.